The molecule has 1 amide bonds. The predicted octanol–water partition coefficient (Wildman–Crippen LogP) is 4.67. The number of hydrogen-bond acceptors (Lipinski definition) is 5. The zero-order chi connectivity index (χ0) is 19.6. The van der Waals surface area contributed by atoms with Crippen LogP contribution in [0.3, 0.4) is 0 Å². The zero-order valence-electron chi connectivity index (χ0n) is 14.8. The number of aromatic nitrogens is 1. The molecule has 0 spiro atoms. The van der Waals surface area contributed by atoms with Crippen LogP contribution >= 0.6 is 11.3 Å². The molecule has 1 N–H and O–H groups in total. The SMILES string of the molecule is COc1ccc(-c2nc(C)c(C(=O)Nc3c(F)cccc3F)s2)cc1OC. The summed E-state index contributed by atoms with van der Waals surface area (Å²) in [7, 11) is 3.06. The molecule has 0 aliphatic rings. The standard InChI is InChI=1S/C19H16F2N2O3S/c1-10-17(18(24)23-16-12(20)5-4-6-13(16)21)27-19(22-10)11-7-8-14(25-2)15(9-11)26-3/h4-9H,1-3H3,(H,23,24). The second-order valence-electron chi connectivity index (χ2n) is 5.55. The van der Waals surface area contributed by atoms with Crippen molar-refractivity contribution in [2.45, 2.75) is 6.92 Å². The van der Waals surface area contributed by atoms with Gasteiger partial charge in [0.2, 0.25) is 0 Å². The van der Waals surface area contributed by atoms with Crippen molar-refractivity contribution in [3.63, 3.8) is 0 Å². The number of halogens is 2. The first-order chi connectivity index (χ1) is 12.9. The number of thiazole rings is 1. The first-order valence-corrected chi connectivity index (χ1v) is 8.71. The summed E-state index contributed by atoms with van der Waals surface area (Å²) in [5.41, 5.74) is 0.707. The molecular formula is C19H16F2N2O3S. The Labute approximate surface area is 158 Å². The number of hydrogen-bond donors (Lipinski definition) is 1. The van der Waals surface area contributed by atoms with Gasteiger partial charge in [0.15, 0.2) is 11.5 Å². The minimum atomic E-state index is -0.842. The van der Waals surface area contributed by atoms with Crippen LogP contribution in [-0.4, -0.2) is 25.1 Å². The molecule has 0 unspecified atom stereocenters. The number of nitrogens with zero attached hydrogens (tertiary/aromatic N) is 1. The molecule has 0 fully saturated rings. The first-order valence-electron chi connectivity index (χ1n) is 7.89. The lowest BCUT2D eigenvalue weighted by molar-refractivity contribution is 0.102. The van der Waals surface area contributed by atoms with E-state index in [0.717, 1.165) is 29.0 Å². The number of rotatable bonds is 5. The van der Waals surface area contributed by atoms with Gasteiger partial charge in [-0.2, -0.15) is 0 Å². The fraction of sp³-hybridized carbons (Fsp3) is 0.158. The van der Waals surface area contributed by atoms with E-state index in [1.807, 2.05) is 0 Å². The molecule has 0 aliphatic heterocycles. The summed E-state index contributed by atoms with van der Waals surface area (Å²) in [6.07, 6.45) is 0. The molecule has 0 aliphatic carbocycles. The number of aryl methyl sites for hydroxylation is 1. The Kier molecular flexibility index (Phi) is 5.36. The highest BCUT2D eigenvalue weighted by molar-refractivity contribution is 7.17. The number of para-hydroxylation sites is 1. The topological polar surface area (TPSA) is 60.5 Å². The minimum Gasteiger partial charge on any atom is -0.493 e. The van der Waals surface area contributed by atoms with Crippen LogP contribution in [0.5, 0.6) is 11.5 Å². The third-order valence-corrected chi connectivity index (χ3v) is 5.04. The van der Waals surface area contributed by atoms with E-state index in [0.29, 0.717) is 22.2 Å². The third-order valence-electron chi connectivity index (χ3n) is 3.83. The van der Waals surface area contributed by atoms with Crippen molar-refractivity contribution < 1.29 is 23.0 Å². The molecule has 0 saturated carbocycles. The van der Waals surface area contributed by atoms with Gasteiger partial charge in [-0.05, 0) is 37.3 Å². The average molecular weight is 390 g/mol. The number of carbonyl (C=O) groups is 1. The number of nitrogens with one attached hydrogen (secondary N) is 1. The van der Waals surface area contributed by atoms with Crippen molar-refractivity contribution in [3.05, 3.63) is 58.6 Å². The molecule has 8 heteroatoms. The summed E-state index contributed by atoms with van der Waals surface area (Å²) in [5.74, 6) is -1.21. The van der Waals surface area contributed by atoms with Crippen LogP contribution < -0.4 is 14.8 Å². The molecule has 1 aromatic heterocycles. The van der Waals surface area contributed by atoms with Gasteiger partial charge < -0.3 is 14.8 Å². The molecule has 27 heavy (non-hydrogen) atoms. The molecule has 5 nitrogen and oxygen atoms in total. The fourth-order valence-electron chi connectivity index (χ4n) is 2.49. The van der Waals surface area contributed by atoms with Crippen molar-refractivity contribution in [2.75, 3.05) is 19.5 Å². The number of carbonyl (C=O) groups excluding carboxylic acids is 1. The predicted molar refractivity (Wildman–Crippen MR) is 99.7 cm³/mol. The van der Waals surface area contributed by atoms with Crippen LogP contribution in [-0.2, 0) is 0 Å². The smallest absolute Gasteiger partial charge is 0.267 e. The maximum atomic E-state index is 13.8. The molecule has 3 rings (SSSR count). The molecule has 0 atom stereocenters. The van der Waals surface area contributed by atoms with Crippen molar-refractivity contribution in [2.24, 2.45) is 0 Å². The maximum Gasteiger partial charge on any atom is 0.267 e. The Morgan fingerprint density at radius 1 is 1.07 bits per heavy atom. The van der Waals surface area contributed by atoms with Crippen molar-refractivity contribution in [3.8, 4) is 22.1 Å². The average Bonchev–Trinajstić information content (AvgIpc) is 3.06. The van der Waals surface area contributed by atoms with Crippen LogP contribution in [0.15, 0.2) is 36.4 Å². The molecule has 140 valence electrons. The summed E-state index contributed by atoms with van der Waals surface area (Å²) >= 11 is 1.12. The van der Waals surface area contributed by atoms with Crippen molar-refractivity contribution in [1.29, 1.82) is 0 Å². The van der Waals surface area contributed by atoms with Gasteiger partial charge in [0.25, 0.3) is 5.91 Å². The van der Waals surface area contributed by atoms with E-state index < -0.39 is 23.2 Å². The largest absolute Gasteiger partial charge is 0.493 e. The summed E-state index contributed by atoms with van der Waals surface area (Å²) in [5, 5.41) is 2.85. The highest BCUT2D eigenvalue weighted by Crippen LogP contribution is 2.35. The van der Waals surface area contributed by atoms with E-state index in [4.69, 9.17) is 9.47 Å². The second-order valence-corrected chi connectivity index (χ2v) is 6.55. The molecule has 0 saturated heterocycles. The lowest BCUT2D eigenvalue weighted by Crippen LogP contribution is -2.14. The minimum absolute atomic E-state index is 0.266. The quantitative estimate of drug-likeness (QED) is 0.688. The highest BCUT2D eigenvalue weighted by atomic mass is 32.1. The summed E-state index contributed by atoms with van der Waals surface area (Å²) < 4.78 is 38.0. The van der Waals surface area contributed by atoms with Gasteiger partial charge in [0, 0.05) is 5.56 Å². The first kappa shape index (κ1) is 18.8. The van der Waals surface area contributed by atoms with Gasteiger partial charge in [0.05, 0.1) is 19.9 Å². The number of ether oxygens (including phenoxy) is 2. The van der Waals surface area contributed by atoms with Crippen LogP contribution in [0.25, 0.3) is 10.6 Å². The number of anilines is 1. The zero-order valence-corrected chi connectivity index (χ0v) is 15.6. The van der Waals surface area contributed by atoms with E-state index in [-0.39, 0.29) is 4.88 Å². The van der Waals surface area contributed by atoms with E-state index in [1.165, 1.54) is 20.3 Å². The Balaban J connectivity index is 1.91. The van der Waals surface area contributed by atoms with Gasteiger partial charge in [-0.1, -0.05) is 6.07 Å². The summed E-state index contributed by atoms with van der Waals surface area (Å²) in [4.78, 5) is 17.1. The monoisotopic (exact) mass is 390 g/mol. The van der Waals surface area contributed by atoms with Crippen LogP contribution in [0, 0.1) is 18.6 Å². The van der Waals surface area contributed by atoms with E-state index in [9.17, 15) is 13.6 Å². The van der Waals surface area contributed by atoms with Gasteiger partial charge in [-0.3, -0.25) is 4.79 Å². The fourth-order valence-corrected chi connectivity index (χ4v) is 3.45. The maximum absolute atomic E-state index is 13.8. The number of methoxy groups -OCH3 is 2. The van der Waals surface area contributed by atoms with Crippen LogP contribution in [0.1, 0.15) is 15.4 Å². The Morgan fingerprint density at radius 2 is 1.74 bits per heavy atom. The van der Waals surface area contributed by atoms with E-state index >= 15 is 0 Å². The van der Waals surface area contributed by atoms with E-state index in [2.05, 4.69) is 10.3 Å². The van der Waals surface area contributed by atoms with E-state index in [1.54, 1.807) is 25.1 Å². The normalized spacial score (nSPS) is 10.6. The summed E-state index contributed by atoms with van der Waals surface area (Å²) in [6.45, 7) is 1.66. The van der Waals surface area contributed by atoms with Gasteiger partial charge in [-0.15, -0.1) is 11.3 Å². The van der Waals surface area contributed by atoms with Crippen molar-refractivity contribution in [1.82, 2.24) is 4.98 Å². The molecular weight excluding hydrogens is 374 g/mol. The second kappa shape index (κ2) is 7.71. The lowest BCUT2D eigenvalue weighted by atomic mass is 10.2. The molecule has 1 heterocycles. The summed E-state index contributed by atoms with van der Waals surface area (Å²) in [6, 6.07) is 8.65. The number of benzene rings is 2. The lowest BCUT2D eigenvalue weighted by Gasteiger charge is -2.08. The van der Waals surface area contributed by atoms with Crippen molar-refractivity contribution >= 4 is 22.9 Å². The van der Waals surface area contributed by atoms with Gasteiger partial charge in [-0.25, -0.2) is 13.8 Å². The third kappa shape index (κ3) is 3.75. The van der Waals surface area contributed by atoms with Crippen LogP contribution in [0.4, 0.5) is 14.5 Å². The molecule has 3 aromatic rings. The number of amides is 1. The van der Waals surface area contributed by atoms with Gasteiger partial charge in [0.1, 0.15) is 27.2 Å². The highest BCUT2D eigenvalue weighted by Gasteiger charge is 2.20. The molecule has 2 aromatic carbocycles. The Hall–Kier alpha value is -3.00. The van der Waals surface area contributed by atoms with Gasteiger partial charge >= 0.3 is 0 Å². The molecule has 0 radical (unpaired) electrons. The molecule has 0 bridgehead atoms. The Morgan fingerprint density at radius 3 is 2.37 bits per heavy atom. The van der Waals surface area contributed by atoms with Crippen LogP contribution in [0.2, 0.25) is 0 Å². The Bertz CT molecular complexity index is 984.